The average molecular weight is 642 g/mol. The topological polar surface area (TPSA) is 132 Å². The van der Waals surface area contributed by atoms with Crippen LogP contribution in [0.1, 0.15) is 60.3 Å². The standard InChI is InChI=1S/C31H27Cl2F2N5O4/c1-30(29(36)42)13-44-27-19(30)10-23(38-26(27)24-21(34)8-17(32)9-22(24)35)31(43,16-2-3-16)12-37-28(41)14-6-15-11-40(18-4-5-18)39-25(15)20(33)7-14/h6-11,16,18,43H,2-5,12-13H2,1H3,(H2,36,42)(H,37,41)/t30-,31+/m0/s1. The van der Waals surface area contributed by atoms with Crippen LogP contribution < -0.4 is 15.8 Å². The van der Waals surface area contributed by atoms with Crippen LogP contribution in [0.2, 0.25) is 10.0 Å². The van der Waals surface area contributed by atoms with E-state index in [1.807, 2.05) is 10.9 Å². The minimum absolute atomic E-state index is 0.0139. The van der Waals surface area contributed by atoms with Gasteiger partial charge >= 0.3 is 0 Å². The van der Waals surface area contributed by atoms with E-state index in [2.05, 4.69) is 15.4 Å². The SMILES string of the molecule is C[C@]1(C(N)=O)COc2c1cc([C@@](O)(CNC(=O)c1cc(Cl)c3nn(C4CC4)cc3c1)C1CC1)nc2-c1c(F)cc(Cl)cc1F. The Morgan fingerprint density at radius 3 is 2.50 bits per heavy atom. The van der Waals surface area contributed by atoms with Crippen LogP contribution in [-0.2, 0) is 15.8 Å². The molecular formula is C31H27Cl2F2N5O4. The molecule has 0 radical (unpaired) electrons. The van der Waals surface area contributed by atoms with Gasteiger partial charge in [-0.15, -0.1) is 0 Å². The molecule has 0 bridgehead atoms. The van der Waals surface area contributed by atoms with E-state index in [9.17, 15) is 14.7 Å². The van der Waals surface area contributed by atoms with E-state index in [0.29, 0.717) is 29.4 Å². The number of benzene rings is 2. The highest BCUT2D eigenvalue weighted by atomic mass is 35.5. The van der Waals surface area contributed by atoms with Gasteiger partial charge in [0.15, 0.2) is 0 Å². The number of aromatic nitrogens is 3. The molecule has 7 rings (SSSR count). The number of carbonyl (C=O) groups excluding carboxylic acids is 2. The Balaban J connectivity index is 1.28. The molecule has 3 aliphatic rings. The molecule has 2 fully saturated rings. The lowest BCUT2D eigenvalue weighted by Gasteiger charge is -2.30. The second-order valence-corrected chi connectivity index (χ2v) is 12.9. The fourth-order valence-corrected chi connectivity index (χ4v) is 6.29. The van der Waals surface area contributed by atoms with Crippen LogP contribution in [0.3, 0.4) is 0 Å². The van der Waals surface area contributed by atoms with Gasteiger partial charge in [-0.1, -0.05) is 23.2 Å². The van der Waals surface area contributed by atoms with Crippen molar-refractivity contribution in [3.63, 3.8) is 0 Å². The number of fused-ring (bicyclic) bond motifs is 2. The molecule has 4 aromatic rings. The molecule has 0 unspecified atom stereocenters. The van der Waals surface area contributed by atoms with Gasteiger partial charge in [0, 0.05) is 27.7 Å². The zero-order valence-electron chi connectivity index (χ0n) is 23.5. The van der Waals surface area contributed by atoms with Crippen LogP contribution in [0, 0.1) is 17.6 Å². The first-order chi connectivity index (χ1) is 20.9. The van der Waals surface area contributed by atoms with Crippen molar-refractivity contribution in [1.29, 1.82) is 0 Å². The van der Waals surface area contributed by atoms with Gasteiger partial charge in [-0.05, 0) is 68.9 Å². The molecule has 2 aliphatic carbocycles. The van der Waals surface area contributed by atoms with Crippen LogP contribution in [0.25, 0.3) is 22.2 Å². The summed E-state index contributed by atoms with van der Waals surface area (Å²) in [5, 5.41) is 20.3. The minimum atomic E-state index is -1.76. The summed E-state index contributed by atoms with van der Waals surface area (Å²) in [6, 6.07) is 6.89. The number of hydrogen-bond acceptors (Lipinski definition) is 6. The van der Waals surface area contributed by atoms with Crippen molar-refractivity contribution in [1.82, 2.24) is 20.1 Å². The molecule has 2 aromatic carbocycles. The monoisotopic (exact) mass is 641 g/mol. The Labute approximate surface area is 260 Å². The number of nitrogens with one attached hydrogen (secondary N) is 1. The van der Waals surface area contributed by atoms with Crippen molar-refractivity contribution in [2.75, 3.05) is 13.2 Å². The Morgan fingerprint density at radius 1 is 1.16 bits per heavy atom. The third-order valence-corrected chi connectivity index (χ3v) is 9.34. The summed E-state index contributed by atoms with van der Waals surface area (Å²) in [5.41, 5.74) is 2.96. The van der Waals surface area contributed by atoms with Crippen molar-refractivity contribution >= 4 is 45.9 Å². The molecule has 44 heavy (non-hydrogen) atoms. The van der Waals surface area contributed by atoms with Crippen LogP contribution in [0.4, 0.5) is 8.78 Å². The third-order valence-electron chi connectivity index (χ3n) is 8.84. The molecule has 4 N–H and O–H groups in total. The van der Waals surface area contributed by atoms with Crippen molar-refractivity contribution in [3.05, 3.63) is 75.0 Å². The summed E-state index contributed by atoms with van der Waals surface area (Å²) in [6.07, 6.45) is 5.18. The predicted octanol–water partition coefficient (Wildman–Crippen LogP) is 5.18. The zero-order chi connectivity index (χ0) is 31.1. The number of nitrogens with two attached hydrogens (primary N) is 1. The number of ether oxygens (including phenoxy) is 1. The van der Waals surface area contributed by atoms with Gasteiger partial charge in [0.05, 0.1) is 28.9 Å². The Morgan fingerprint density at radius 2 is 1.86 bits per heavy atom. The van der Waals surface area contributed by atoms with Gasteiger partial charge in [0.25, 0.3) is 5.91 Å². The van der Waals surface area contributed by atoms with Gasteiger partial charge in [-0.25, -0.2) is 13.8 Å². The Hall–Kier alpha value is -3.80. The number of aliphatic hydroxyl groups is 1. The van der Waals surface area contributed by atoms with Crippen LogP contribution in [0.15, 0.2) is 36.5 Å². The first-order valence-electron chi connectivity index (χ1n) is 14.2. The van der Waals surface area contributed by atoms with Crippen molar-refractivity contribution < 1.29 is 28.2 Å². The van der Waals surface area contributed by atoms with Gasteiger partial charge < -0.3 is 20.9 Å². The second kappa shape index (κ2) is 10.1. The molecule has 2 saturated carbocycles. The van der Waals surface area contributed by atoms with Gasteiger partial charge in [0.2, 0.25) is 5.91 Å². The Bertz CT molecular complexity index is 1870. The van der Waals surface area contributed by atoms with Crippen LogP contribution in [0.5, 0.6) is 5.75 Å². The number of pyridine rings is 1. The quantitative estimate of drug-likeness (QED) is 0.243. The largest absolute Gasteiger partial charge is 0.489 e. The first kappa shape index (κ1) is 28.9. The van der Waals surface area contributed by atoms with Crippen molar-refractivity contribution in [2.45, 2.75) is 49.7 Å². The fourth-order valence-electron chi connectivity index (χ4n) is 5.84. The number of halogens is 4. The molecule has 0 saturated heterocycles. The zero-order valence-corrected chi connectivity index (χ0v) is 25.0. The highest BCUT2D eigenvalue weighted by Gasteiger charge is 2.50. The highest BCUT2D eigenvalue weighted by molar-refractivity contribution is 6.35. The lowest BCUT2D eigenvalue weighted by molar-refractivity contribution is -0.123. The van der Waals surface area contributed by atoms with E-state index in [1.54, 1.807) is 13.0 Å². The summed E-state index contributed by atoms with van der Waals surface area (Å²) in [4.78, 5) is 30.5. The number of nitrogens with zero attached hydrogens (tertiary/aromatic N) is 3. The molecular weight excluding hydrogens is 615 g/mol. The van der Waals surface area contributed by atoms with E-state index in [1.165, 1.54) is 12.1 Å². The summed E-state index contributed by atoms with van der Waals surface area (Å²) in [7, 11) is 0. The van der Waals surface area contributed by atoms with Gasteiger partial charge in [-0.2, -0.15) is 5.10 Å². The summed E-state index contributed by atoms with van der Waals surface area (Å²) in [6.45, 7) is 1.08. The van der Waals surface area contributed by atoms with Gasteiger partial charge in [0.1, 0.15) is 46.2 Å². The molecule has 228 valence electrons. The maximum atomic E-state index is 15.2. The van der Waals surface area contributed by atoms with Crippen molar-refractivity contribution in [3.8, 4) is 17.0 Å². The molecule has 2 atom stereocenters. The lowest BCUT2D eigenvalue weighted by atomic mass is 9.81. The minimum Gasteiger partial charge on any atom is -0.489 e. The number of carbonyl (C=O) groups is 2. The normalized spacial score (nSPS) is 20.7. The maximum Gasteiger partial charge on any atom is 0.251 e. The van der Waals surface area contributed by atoms with E-state index in [4.69, 9.17) is 33.7 Å². The second-order valence-electron chi connectivity index (χ2n) is 12.1. The van der Waals surface area contributed by atoms with E-state index in [-0.39, 0.29) is 52.4 Å². The molecule has 1 aliphatic heterocycles. The number of amides is 2. The van der Waals surface area contributed by atoms with E-state index < -0.39 is 40.0 Å². The lowest BCUT2D eigenvalue weighted by Crippen LogP contribution is -2.44. The summed E-state index contributed by atoms with van der Waals surface area (Å²) < 4.78 is 38.0. The molecule has 13 heteroatoms. The average Bonchev–Trinajstić information content (AvgIpc) is 3.91. The fraction of sp³-hybridized carbons (Fsp3) is 0.355. The summed E-state index contributed by atoms with van der Waals surface area (Å²) in [5.74, 6) is -3.57. The highest BCUT2D eigenvalue weighted by Crippen LogP contribution is 2.50. The first-order valence-corrected chi connectivity index (χ1v) is 15.0. The smallest absolute Gasteiger partial charge is 0.251 e. The number of hydrogen-bond donors (Lipinski definition) is 3. The molecule has 9 nitrogen and oxygen atoms in total. The van der Waals surface area contributed by atoms with Crippen LogP contribution >= 0.6 is 23.2 Å². The van der Waals surface area contributed by atoms with E-state index in [0.717, 1.165) is 30.4 Å². The van der Waals surface area contributed by atoms with Gasteiger partial charge in [-0.3, -0.25) is 14.3 Å². The molecule has 3 heterocycles. The molecule has 0 spiro atoms. The molecule has 2 aromatic heterocycles. The van der Waals surface area contributed by atoms with E-state index >= 15 is 8.78 Å². The van der Waals surface area contributed by atoms with Crippen LogP contribution in [-0.4, -0.2) is 44.8 Å². The number of rotatable bonds is 8. The predicted molar refractivity (Wildman–Crippen MR) is 159 cm³/mol. The third kappa shape index (κ3) is 4.69. The number of primary amides is 1. The van der Waals surface area contributed by atoms with Crippen molar-refractivity contribution in [2.24, 2.45) is 11.7 Å². The Kier molecular flexibility index (Phi) is 6.65. The maximum absolute atomic E-state index is 15.2. The molecule has 2 amide bonds. The summed E-state index contributed by atoms with van der Waals surface area (Å²) >= 11 is 12.3.